The van der Waals surface area contributed by atoms with Gasteiger partial charge in [-0.1, -0.05) is 54.2 Å². The molecule has 0 atom stereocenters. The molecular weight excluding hydrogens is 362 g/mol. The van der Waals surface area contributed by atoms with Crippen molar-refractivity contribution in [3.05, 3.63) is 60.2 Å². The average molecular weight is 381 g/mol. The van der Waals surface area contributed by atoms with Gasteiger partial charge >= 0.3 is 0 Å². The zero-order valence-corrected chi connectivity index (χ0v) is 15.6. The number of benzene rings is 2. The second-order valence-electron chi connectivity index (χ2n) is 5.59. The molecule has 7 nitrogen and oxygen atoms in total. The number of nitrogens with one attached hydrogen (secondary N) is 1. The van der Waals surface area contributed by atoms with Crippen LogP contribution in [0.3, 0.4) is 0 Å². The number of aromatic hydroxyl groups is 1. The van der Waals surface area contributed by atoms with Crippen molar-refractivity contribution in [1.82, 2.24) is 20.2 Å². The minimum Gasteiger partial charge on any atom is -0.508 e. The predicted molar refractivity (Wildman–Crippen MR) is 106 cm³/mol. The van der Waals surface area contributed by atoms with Gasteiger partial charge in [-0.05, 0) is 24.6 Å². The van der Waals surface area contributed by atoms with Crippen molar-refractivity contribution >= 4 is 23.9 Å². The molecule has 3 rings (SSSR count). The molecule has 27 heavy (non-hydrogen) atoms. The van der Waals surface area contributed by atoms with Gasteiger partial charge in [0.15, 0.2) is 11.0 Å². The summed E-state index contributed by atoms with van der Waals surface area (Å²) in [5, 5.41) is 22.4. The van der Waals surface area contributed by atoms with E-state index < -0.39 is 0 Å². The number of carbonyl (C=O) groups is 1. The van der Waals surface area contributed by atoms with Crippen molar-refractivity contribution in [2.45, 2.75) is 18.6 Å². The van der Waals surface area contributed by atoms with Crippen LogP contribution in [0.5, 0.6) is 5.75 Å². The van der Waals surface area contributed by atoms with Crippen molar-refractivity contribution in [3.8, 4) is 17.1 Å². The van der Waals surface area contributed by atoms with Crippen molar-refractivity contribution in [3.63, 3.8) is 0 Å². The van der Waals surface area contributed by atoms with E-state index in [9.17, 15) is 9.90 Å². The molecule has 1 heterocycles. The first-order valence-electron chi connectivity index (χ1n) is 8.39. The number of aromatic nitrogens is 3. The number of nitrogens with zero attached hydrogens (tertiary/aromatic N) is 4. The molecule has 2 aromatic carbocycles. The second-order valence-corrected chi connectivity index (χ2v) is 6.54. The van der Waals surface area contributed by atoms with Gasteiger partial charge in [-0.15, -0.1) is 10.2 Å². The lowest BCUT2D eigenvalue weighted by Gasteiger charge is -2.06. The van der Waals surface area contributed by atoms with Crippen LogP contribution in [0, 0.1) is 0 Å². The summed E-state index contributed by atoms with van der Waals surface area (Å²) in [6.07, 6.45) is 1.48. The molecular formula is C19H19N5O2S. The third-order valence-electron chi connectivity index (χ3n) is 3.67. The number of phenols is 1. The fourth-order valence-corrected chi connectivity index (χ4v) is 3.22. The van der Waals surface area contributed by atoms with Crippen LogP contribution in [0.4, 0.5) is 0 Å². The number of amides is 1. The highest BCUT2D eigenvalue weighted by molar-refractivity contribution is 7.99. The van der Waals surface area contributed by atoms with Crippen LogP contribution in [0.2, 0.25) is 0 Å². The molecule has 2 N–H and O–H groups in total. The molecule has 0 fully saturated rings. The van der Waals surface area contributed by atoms with Gasteiger partial charge in [0.05, 0.1) is 12.0 Å². The first-order valence-corrected chi connectivity index (χ1v) is 9.38. The van der Waals surface area contributed by atoms with Crippen molar-refractivity contribution < 1.29 is 9.90 Å². The van der Waals surface area contributed by atoms with E-state index in [1.54, 1.807) is 24.3 Å². The SMILES string of the molecule is CCn1c(SCC(=O)NN=Cc2cccc(O)c2)nnc1-c1ccccc1. The summed E-state index contributed by atoms with van der Waals surface area (Å²) in [5.41, 5.74) is 4.15. The number of thioether (sulfide) groups is 1. The van der Waals surface area contributed by atoms with Gasteiger partial charge < -0.3 is 9.67 Å². The molecule has 0 spiro atoms. The van der Waals surface area contributed by atoms with E-state index in [0.29, 0.717) is 17.3 Å². The minimum absolute atomic E-state index is 0.147. The smallest absolute Gasteiger partial charge is 0.250 e. The van der Waals surface area contributed by atoms with Gasteiger partial charge in [-0.2, -0.15) is 5.10 Å². The Morgan fingerprint density at radius 1 is 1.22 bits per heavy atom. The molecule has 3 aromatic rings. The van der Waals surface area contributed by atoms with Crippen LogP contribution in [-0.4, -0.2) is 37.7 Å². The van der Waals surface area contributed by atoms with Crippen molar-refractivity contribution in [2.75, 3.05) is 5.75 Å². The van der Waals surface area contributed by atoms with Gasteiger partial charge in [0.25, 0.3) is 5.91 Å². The summed E-state index contributed by atoms with van der Waals surface area (Å²) in [4.78, 5) is 12.0. The van der Waals surface area contributed by atoms with Crippen LogP contribution >= 0.6 is 11.8 Å². The number of carbonyl (C=O) groups excluding carboxylic acids is 1. The maximum absolute atomic E-state index is 12.0. The van der Waals surface area contributed by atoms with E-state index >= 15 is 0 Å². The predicted octanol–water partition coefficient (Wildman–Crippen LogP) is 2.91. The van der Waals surface area contributed by atoms with E-state index in [1.165, 1.54) is 18.0 Å². The standard InChI is InChI=1S/C19H19N5O2S/c1-2-24-18(15-8-4-3-5-9-15)22-23-19(24)27-13-17(26)21-20-12-14-7-6-10-16(25)11-14/h3-12,25H,2,13H2,1H3,(H,21,26). The normalized spacial score (nSPS) is 11.0. The van der Waals surface area contributed by atoms with Crippen molar-refractivity contribution in [2.24, 2.45) is 5.10 Å². The molecule has 0 bridgehead atoms. The second kappa shape index (κ2) is 9.00. The summed E-state index contributed by atoms with van der Waals surface area (Å²) in [7, 11) is 0. The summed E-state index contributed by atoms with van der Waals surface area (Å²) >= 11 is 1.31. The van der Waals surface area contributed by atoms with Crippen LogP contribution in [0.25, 0.3) is 11.4 Å². The average Bonchev–Trinajstić information content (AvgIpc) is 3.10. The first-order chi connectivity index (χ1) is 13.2. The van der Waals surface area contributed by atoms with E-state index in [2.05, 4.69) is 20.7 Å². The van der Waals surface area contributed by atoms with Crippen molar-refractivity contribution in [1.29, 1.82) is 0 Å². The van der Waals surface area contributed by atoms with Gasteiger partial charge in [0, 0.05) is 12.1 Å². The fourth-order valence-electron chi connectivity index (χ4n) is 2.43. The third-order valence-corrected chi connectivity index (χ3v) is 4.64. The highest BCUT2D eigenvalue weighted by atomic mass is 32.2. The lowest BCUT2D eigenvalue weighted by molar-refractivity contribution is -0.118. The molecule has 0 saturated carbocycles. The molecule has 0 radical (unpaired) electrons. The molecule has 8 heteroatoms. The Hall–Kier alpha value is -3.13. The Kier molecular flexibility index (Phi) is 6.22. The van der Waals surface area contributed by atoms with Crippen LogP contribution < -0.4 is 5.43 Å². The summed E-state index contributed by atoms with van der Waals surface area (Å²) in [6.45, 7) is 2.72. The van der Waals surface area contributed by atoms with Gasteiger partial charge in [-0.3, -0.25) is 4.79 Å². The van der Waals surface area contributed by atoms with Crippen LogP contribution in [0.15, 0.2) is 64.9 Å². The Balaban J connectivity index is 1.58. The van der Waals surface area contributed by atoms with E-state index in [0.717, 1.165) is 11.4 Å². The highest BCUT2D eigenvalue weighted by Crippen LogP contribution is 2.23. The van der Waals surface area contributed by atoms with E-state index in [1.807, 2.05) is 41.8 Å². The van der Waals surface area contributed by atoms with E-state index in [-0.39, 0.29) is 17.4 Å². The minimum atomic E-state index is -0.247. The highest BCUT2D eigenvalue weighted by Gasteiger charge is 2.14. The molecule has 0 aliphatic rings. The number of hydrazone groups is 1. The Morgan fingerprint density at radius 3 is 2.78 bits per heavy atom. The van der Waals surface area contributed by atoms with Crippen LogP contribution in [0.1, 0.15) is 12.5 Å². The summed E-state index contributed by atoms with van der Waals surface area (Å²) in [6, 6.07) is 16.4. The largest absolute Gasteiger partial charge is 0.508 e. The quantitative estimate of drug-likeness (QED) is 0.373. The third kappa shape index (κ3) is 4.95. The molecule has 0 unspecified atom stereocenters. The van der Waals surface area contributed by atoms with Crippen LogP contribution in [-0.2, 0) is 11.3 Å². The lowest BCUT2D eigenvalue weighted by atomic mass is 10.2. The Morgan fingerprint density at radius 2 is 2.04 bits per heavy atom. The van der Waals surface area contributed by atoms with Gasteiger partial charge in [0.1, 0.15) is 5.75 Å². The molecule has 0 aliphatic carbocycles. The zero-order chi connectivity index (χ0) is 19.1. The number of phenolic OH excluding ortho intramolecular Hbond substituents is 1. The van der Waals surface area contributed by atoms with Gasteiger partial charge in [0.2, 0.25) is 0 Å². The maximum Gasteiger partial charge on any atom is 0.250 e. The molecule has 138 valence electrons. The first kappa shape index (κ1) is 18.7. The van der Waals surface area contributed by atoms with Gasteiger partial charge in [-0.25, -0.2) is 5.43 Å². The number of hydrogen-bond acceptors (Lipinski definition) is 6. The Bertz CT molecular complexity index is 940. The summed E-state index contributed by atoms with van der Waals surface area (Å²) < 4.78 is 1.98. The summed E-state index contributed by atoms with van der Waals surface area (Å²) in [5.74, 6) is 0.852. The van der Waals surface area contributed by atoms with E-state index in [4.69, 9.17) is 0 Å². The molecule has 0 saturated heterocycles. The lowest BCUT2D eigenvalue weighted by Crippen LogP contribution is -2.20. The topological polar surface area (TPSA) is 92.4 Å². The fraction of sp³-hybridized carbons (Fsp3) is 0.158. The number of rotatable bonds is 7. The maximum atomic E-state index is 12.0. The Labute approximate surface area is 161 Å². The monoisotopic (exact) mass is 381 g/mol. The molecule has 1 aromatic heterocycles. The molecule has 0 aliphatic heterocycles. The zero-order valence-electron chi connectivity index (χ0n) is 14.7. The number of hydrogen-bond donors (Lipinski definition) is 2. The molecule has 1 amide bonds.